The molecule has 0 radical (unpaired) electrons. The van der Waals surface area contributed by atoms with Gasteiger partial charge in [-0.15, -0.1) is 11.3 Å². The average Bonchev–Trinajstić information content (AvgIpc) is 3.06. The molecule has 0 aromatic carbocycles. The Morgan fingerprint density at radius 2 is 2.14 bits per heavy atom. The summed E-state index contributed by atoms with van der Waals surface area (Å²) in [7, 11) is 1.95. The topological polar surface area (TPSA) is 32.3 Å². The molecule has 1 amide bonds. The molecule has 1 aromatic rings. The van der Waals surface area contributed by atoms with Gasteiger partial charge in [0.1, 0.15) is 0 Å². The second kappa shape index (κ2) is 6.49. The van der Waals surface area contributed by atoms with Gasteiger partial charge in [0.25, 0.3) is 0 Å². The van der Waals surface area contributed by atoms with Gasteiger partial charge in [-0.3, -0.25) is 4.79 Å². The van der Waals surface area contributed by atoms with Gasteiger partial charge in [0.05, 0.1) is 12.1 Å². The summed E-state index contributed by atoms with van der Waals surface area (Å²) in [4.78, 5) is 16.0. The van der Waals surface area contributed by atoms with Crippen molar-refractivity contribution in [3.8, 4) is 0 Å². The zero-order valence-corrected chi connectivity index (χ0v) is 13.9. The number of nitrogens with one attached hydrogen (secondary N) is 1. The number of hydrogen-bond donors (Lipinski definition) is 1. The molecule has 0 spiro atoms. The van der Waals surface area contributed by atoms with E-state index in [9.17, 15) is 4.79 Å². The molecule has 3 rings (SSSR count). The molecule has 1 aromatic heterocycles. The number of fused-ring (bicyclic) bond motifs is 1. The third-order valence-corrected chi connectivity index (χ3v) is 6.37. The smallest absolute Gasteiger partial charge is 0.239 e. The number of nitrogens with zero attached hydrogens (tertiary/aromatic N) is 1. The number of carbonyl (C=O) groups excluding carboxylic acids is 1. The fourth-order valence-electron chi connectivity index (χ4n) is 3.85. The predicted molar refractivity (Wildman–Crippen MR) is 87.4 cm³/mol. The molecular weight excluding hydrogens is 280 g/mol. The van der Waals surface area contributed by atoms with Crippen molar-refractivity contribution in [3.63, 3.8) is 0 Å². The van der Waals surface area contributed by atoms with Crippen LogP contribution >= 0.6 is 11.3 Å². The first-order valence-electron chi connectivity index (χ1n) is 8.23. The molecule has 2 fully saturated rings. The van der Waals surface area contributed by atoms with Crippen molar-refractivity contribution in [1.82, 2.24) is 10.2 Å². The number of rotatable bonds is 3. The summed E-state index contributed by atoms with van der Waals surface area (Å²) in [6.45, 7) is 2.12. The second-order valence-corrected chi connectivity index (χ2v) is 7.57. The molecule has 4 heteroatoms. The minimum absolute atomic E-state index is 0.0248. The van der Waals surface area contributed by atoms with Crippen molar-refractivity contribution < 1.29 is 4.79 Å². The van der Waals surface area contributed by atoms with E-state index in [1.54, 1.807) is 11.3 Å². The van der Waals surface area contributed by atoms with Crippen molar-refractivity contribution in [1.29, 1.82) is 0 Å². The van der Waals surface area contributed by atoms with Crippen LogP contribution in [0.2, 0.25) is 0 Å². The van der Waals surface area contributed by atoms with Gasteiger partial charge in [0.2, 0.25) is 5.91 Å². The molecular formula is C17H26N2OS. The van der Waals surface area contributed by atoms with E-state index in [-0.39, 0.29) is 18.0 Å². The zero-order valence-electron chi connectivity index (χ0n) is 13.0. The Morgan fingerprint density at radius 1 is 1.33 bits per heavy atom. The summed E-state index contributed by atoms with van der Waals surface area (Å²) in [5, 5.41) is 5.73. The highest BCUT2D eigenvalue weighted by atomic mass is 32.1. The first-order valence-corrected chi connectivity index (χ1v) is 9.11. The highest BCUT2D eigenvalue weighted by molar-refractivity contribution is 7.10. The Hall–Kier alpha value is -0.870. The molecule has 2 aliphatic rings. The third kappa shape index (κ3) is 3.16. The molecule has 1 saturated carbocycles. The Morgan fingerprint density at radius 3 is 2.90 bits per heavy atom. The summed E-state index contributed by atoms with van der Waals surface area (Å²) in [6, 6.07) is 4.94. The number of hydrogen-bond acceptors (Lipinski definition) is 3. The molecule has 1 aliphatic carbocycles. The van der Waals surface area contributed by atoms with E-state index in [2.05, 4.69) is 29.8 Å². The third-order valence-electron chi connectivity index (χ3n) is 5.33. The fourth-order valence-corrected chi connectivity index (χ4v) is 4.67. The van der Waals surface area contributed by atoms with Gasteiger partial charge < -0.3 is 10.2 Å². The second-order valence-electron chi connectivity index (χ2n) is 6.59. The van der Waals surface area contributed by atoms with E-state index in [0.29, 0.717) is 6.04 Å². The summed E-state index contributed by atoms with van der Waals surface area (Å²) in [6.07, 6.45) is 7.50. The largest absolute Gasteiger partial charge is 0.337 e. The molecule has 4 unspecified atom stereocenters. The summed E-state index contributed by atoms with van der Waals surface area (Å²) in [5.41, 5.74) is 0. The van der Waals surface area contributed by atoms with Crippen LogP contribution in [0.1, 0.15) is 56.4 Å². The minimum atomic E-state index is 0.0248. The van der Waals surface area contributed by atoms with Crippen LogP contribution in [0.4, 0.5) is 0 Å². The summed E-state index contributed by atoms with van der Waals surface area (Å²) >= 11 is 1.73. The lowest BCUT2D eigenvalue weighted by atomic mass is 9.77. The molecule has 21 heavy (non-hydrogen) atoms. The van der Waals surface area contributed by atoms with Crippen LogP contribution < -0.4 is 5.32 Å². The predicted octanol–water partition coefficient (Wildman–Crippen LogP) is 3.58. The fraction of sp³-hybridized carbons (Fsp3) is 0.706. The molecule has 116 valence electrons. The van der Waals surface area contributed by atoms with Crippen LogP contribution in [0.3, 0.4) is 0 Å². The van der Waals surface area contributed by atoms with Gasteiger partial charge in [-0.25, -0.2) is 0 Å². The van der Waals surface area contributed by atoms with E-state index in [1.165, 1.54) is 37.0 Å². The Balaban J connectivity index is 1.62. The van der Waals surface area contributed by atoms with Crippen LogP contribution in [0.5, 0.6) is 0 Å². The molecule has 0 bridgehead atoms. The highest BCUT2D eigenvalue weighted by Gasteiger charge is 2.36. The monoisotopic (exact) mass is 306 g/mol. The first-order chi connectivity index (χ1) is 10.2. The summed E-state index contributed by atoms with van der Waals surface area (Å²) < 4.78 is 0. The van der Waals surface area contributed by atoms with Crippen LogP contribution in [0.25, 0.3) is 0 Å². The van der Waals surface area contributed by atoms with Crippen LogP contribution in [-0.4, -0.2) is 29.9 Å². The SMILES string of the molecule is CC(c1cccs1)N(C)C(=O)C1CCC2CCCCC2N1. The molecule has 1 saturated heterocycles. The van der Waals surface area contributed by atoms with E-state index >= 15 is 0 Å². The van der Waals surface area contributed by atoms with Crippen molar-refractivity contribution in [3.05, 3.63) is 22.4 Å². The molecule has 2 heterocycles. The van der Waals surface area contributed by atoms with Gasteiger partial charge in [-0.05, 0) is 50.0 Å². The van der Waals surface area contributed by atoms with Gasteiger partial charge in [-0.1, -0.05) is 18.9 Å². The first kappa shape index (κ1) is 15.0. The van der Waals surface area contributed by atoms with Crippen molar-refractivity contribution in [2.45, 2.75) is 63.6 Å². The van der Waals surface area contributed by atoms with E-state index in [1.807, 2.05) is 11.9 Å². The van der Waals surface area contributed by atoms with Crippen LogP contribution in [0, 0.1) is 5.92 Å². The Bertz CT molecular complexity index is 473. The average molecular weight is 306 g/mol. The Labute approximate surface area is 131 Å². The number of likely N-dealkylation sites (N-methyl/N-ethyl adjacent to an activating group) is 1. The van der Waals surface area contributed by atoms with E-state index in [0.717, 1.165) is 12.3 Å². The van der Waals surface area contributed by atoms with Crippen LogP contribution in [-0.2, 0) is 4.79 Å². The lowest BCUT2D eigenvalue weighted by Gasteiger charge is -2.41. The lowest BCUT2D eigenvalue weighted by Crippen LogP contribution is -2.55. The minimum Gasteiger partial charge on any atom is -0.337 e. The van der Waals surface area contributed by atoms with E-state index in [4.69, 9.17) is 0 Å². The normalized spacial score (nSPS) is 30.5. The molecule has 3 nitrogen and oxygen atoms in total. The van der Waals surface area contributed by atoms with E-state index < -0.39 is 0 Å². The highest BCUT2D eigenvalue weighted by Crippen LogP contribution is 2.33. The van der Waals surface area contributed by atoms with Gasteiger partial charge in [0.15, 0.2) is 0 Å². The standard InChI is InChI=1S/C17H26N2OS/c1-12(16-8-5-11-21-16)19(2)17(20)15-10-9-13-6-3-4-7-14(13)18-15/h5,8,11-15,18H,3-4,6-7,9-10H2,1-2H3. The maximum absolute atomic E-state index is 12.8. The van der Waals surface area contributed by atoms with Crippen molar-refractivity contribution in [2.24, 2.45) is 5.92 Å². The molecule has 1 N–H and O–H groups in total. The zero-order chi connectivity index (χ0) is 14.8. The van der Waals surface area contributed by atoms with Crippen molar-refractivity contribution in [2.75, 3.05) is 7.05 Å². The number of carbonyl (C=O) groups is 1. The molecule has 1 aliphatic heterocycles. The van der Waals surface area contributed by atoms with Crippen LogP contribution in [0.15, 0.2) is 17.5 Å². The summed E-state index contributed by atoms with van der Waals surface area (Å²) in [5.74, 6) is 1.07. The van der Waals surface area contributed by atoms with Gasteiger partial charge in [-0.2, -0.15) is 0 Å². The van der Waals surface area contributed by atoms with Gasteiger partial charge in [0, 0.05) is 18.0 Å². The quantitative estimate of drug-likeness (QED) is 0.926. The number of piperidine rings is 1. The lowest BCUT2D eigenvalue weighted by molar-refractivity contribution is -0.135. The van der Waals surface area contributed by atoms with Gasteiger partial charge >= 0.3 is 0 Å². The number of thiophene rings is 1. The maximum Gasteiger partial charge on any atom is 0.239 e. The van der Waals surface area contributed by atoms with Crippen molar-refractivity contribution >= 4 is 17.2 Å². The molecule has 4 atom stereocenters. The Kier molecular flexibility index (Phi) is 4.65. The number of amides is 1. The maximum atomic E-state index is 12.8.